The quantitative estimate of drug-likeness (QED) is 0.0682. The highest BCUT2D eigenvalue weighted by Crippen LogP contribution is 2.38. The van der Waals surface area contributed by atoms with E-state index in [1.165, 1.54) is 14.0 Å². The summed E-state index contributed by atoms with van der Waals surface area (Å²) in [7, 11) is 1.42. The van der Waals surface area contributed by atoms with Crippen LogP contribution in [0.4, 0.5) is 0 Å². The van der Waals surface area contributed by atoms with Crippen molar-refractivity contribution in [2.75, 3.05) is 13.7 Å². The predicted molar refractivity (Wildman–Crippen MR) is 132 cm³/mol. The van der Waals surface area contributed by atoms with Crippen molar-refractivity contribution in [3.8, 4) is 0 Å². The van der Waals surface area contributed by atoms with E-state index in [0.717, 1.165) is 0 Å². The highest BCUT2D eigenvalue weighted by molar-refractivity contribution is 5.76. The van der Waals surface area contributed by atoms with Crippen molar-refractivity contribution < 1.29 is 59.5 Å². The van der Waals surface area contributed by atoms with Crippen LogP contribution < -0.4 is 27.8 Å². The normalized spacial score (nSPS) is 47.4. The highest BCUT2D eigenvalue weighted by Gasteiger charge is 2.60. The average Bonchev–Trinajstić information content (AvgIpc) is 3.13. The summed E-state index contributed by atoms with van der Waals surface area (Å²) in [6.07, 6.45) is -17.3. The van der Waals surface area contributed by atoms with Gasteiger partial charge in [0.1, 0.15) is 54.9 Å². The first kappa shape index (κ1) is 32.2. The molecule has 2 unspecified atom stereocenters. The van der Waals surface area contributed by atoms with E-state index in [1.807, 2.05) is 0 Å². The van der Waals surface area contributed by atoms with Crippen molar-refractivity contribution in [3.05, 3.63) is 0 Å². The summed E-state index contributed by atoms with van der Waals surface area (Å²) in [4.78, 5) is 16.0. The largest absolute Gasteiger partial charge is 0.394 e. The fourth-order valence-electron chi connectivity index (χ4n) is 5.13. The van der Waals surface area contributed by atoms with Gasteiger partial charge in [-0.05, 0) is 14.0 Å². The molecule has 0 bridgehead atoms. The van der Waals surface area contributed by atoms with Gasteiger partial charge < -0.3 is 82.5 Å². The van der Waals surface area contributed by atoms with Gasteiger partial charge in [0, 0.05) is 0 Å². The second kappa shape index (κ2) is 12.7. The van der Waals surface area contributed by atoms with Crippen LogP contribution in [0.2, 0.25) is 0 Å². The maximum atomic E-state index is 12.1. The molecule has 3 aliphatic rings. The maximum Gasteiger partial charge on any atom is 0.188 e. The van der Waals surface area contributed by atoms with Crippen molar-refractivity contribution >= 4 is 18.2 Å². The summed E-state index contributed by atoms with van der Waals surface area (Å²) in [6, 6.07) is -4.02. The van der Waals surface area contributed by atoms with Crippen molar-refractivity contribution in [1.29, 1.82) is 5.41 Å². The Hall–Kier alpha value is -2.27. The minimum Gasteiger partial charge on any atom is -0.394 e. The molecule has 0 aromatic rings. The summed E-state index contributed by atoms with van der Waals surface area (Å²) < 4.78 is 22.9. The van der Waals surface area contributed by atoms with Crippen LogP contribution in [0.25, 0.3) is 0 Å². The highest BCUT2D eigenvalue weighted by atomic mass is 16.8. The number of guanidine groups is 2. The van der Waals surface area contributed by atoms with Gasteiger partial charge >= 0.3 is 0 Å². The number of rotatable bonds is 9. The van der Waals surface area contributed by atoms with Crippen molar-refractivity contribution in [2.45, 2.75) is 98.2 Å². The Labute approximate surface area is 228 Å². The third kappa shape index (κ3) is 6.00. The molecule has 0 spiro atoms. The molecule has 0 amide bonds. The van der Waals surface area contributed by atoms with Crippen LogP contribution in [-0.4, -0.2) is 159 Å². The van der Waals surface area contributed by atoms with Crippen molar-refractivity contribution in [3.63, 3.8) is 0 Å². The molecular weight excluding hydrogens is 542 g/mol. The molecular formula is C21H39N7O12. The lowest BCUT2D eigenvalue weighted by Gasteiger charge is -2.46. The maximum absolute atomic E-state index is 12.1. The SMILES string of the molecule is CN[C@H]1[C@@H](OC2[C@@H](OC3[C@@H](N=C(N)N)[C@H](O)[C@@H](NC(=N)N)[C@H](O)[C@H]3O)O[C@H](C)[C@@]2(O)C=O)O[C@H](CO)[C@@H](O)[C@@H]1O. The van der Waals surface area contributed by atoms with E-state index in [1.54, 1.807) is 0 Å². The van der Waals surface area contributed by atoms with Crippen LogP contribution >= 0.6 is 0 Å². The summed E-state index contributed by atoms with van der Waals surface area (Å²) >= 11 is 0. The second-order valence-corrected chi connectivity index (χ2v) is 9.93. The summed E-state index contributed by atoms with van der Waals surface area (Å²) in [6.45, 7) is 0.617. The zero-order valence-electron chi connectivity index (χ0n) is 21.7. The number of nitrogens with one attached hydrogen (secondary N) is 3. The van der Waals surface area contributed by atoms with Crippen LogP contribution in [0.5, 0.6) is 0 Å². The van der Waals surface area contributed by atoms with Crippen LogP contribution in [0.1, 0.15) is 6.92 Å². The smallest absolute Gasteiger partial charge is 0.188 e. The predicted octanol–water partition coefficient (Wildman–Crippen LogP) is -7.95. The average molecular weight is 582 g/mol. The van der Waals surface area contributed by atoms with E-state index in [4.69, 9.17) is 41.6 Å². The van der Waals surface area contributed by atoms with Crippen LogP contribution in [-0.2, 0) is 23.7 Å². The summed E-state index contributed by atoms with van der Waals surface area (Å²) in [5.74, 6) is -1.16. The number of likely N-dealkylation sites (N-methyl/N-ethyl adjacent to an activating group) is 1. The van der Waals surface area contributed by atoms with Gasteiger partial charge in [0.2, 0.25) is 0 Å². The minimum atomic E-state index is -2.39. The molecule has 40 heavy (non-hydrogen) atoms. The molecule has 1 saturated carbocycles. The fraction of sp³-hybridized carbons (Fsp3) is 0.857. The lowest BCUT2D eigenvalue weighted by molar-refractivity contribution is -0.314. The van der Waals surface area contributed by atoms with E-state index in [2.05, 4.69) is 15.6 Å². The van der Waals surface area contributed by atoms with Crippen LogP contribution in [0.3, 0.4) is 0 Å². The molecule has 19 heteroatoms. The lowest BCUT2D eigenvalue weighted by atomic mass is 9.81. The molecule has 0 aromatic carbocycles. The van der Waals surface area contributed by atoms with E-state index in [-0.39, 0.29) is 6.29 Å². The van der Waals surface area contributed by atoms with Gasteiger partial charge in [0.25, 0.3) is 0 Å². The molecule has 15 atom stereocenters. The zero-order chi connectivity index (χ0) is 30.1. The number of nitrogens with two attached hydrogens (primary N) is 3. The van der Waals surface area contributed by atoms with Gasteiger partial charge in [-0.3, -0.25) is 10.2 Å². The number of aliphatic hydroxyl groups excluding tert-OH is 6. The van der Waals surface area contributed by atoms with Gasteiger partial charge in [-0.1, -0.05) is 0 Å². The van der Waals surface area contributed by atoms with E-state index in [9.17, 15) is 40.5 Å². The Kier molecular flexibility index (Phi) is 10.2. The number of ether oxygens (including phenoxy) is 4. The topological polar surface area (TPSA) is 334 Å². The number of hydrogen-bond donors (Lipinski definition) is 13. The Morgan fingerprint density at radius 1 is 1.00 bits per heavy atom. The number of carbonyl (C=O) groups is 1. The number of nitrogens with zero attached hydrogens (tertiary/aromatic N) is 1. The van der Waals surface area contributed by atoms with Gasteiger partial charge in [0.15, 0.2) is 36.4 Å². The molecule has 16 N–H and O–H groups in total. The van der Waals surface area contributed by atoms with E-state index in [0.29, 0.717) is 0 Å². The number of hydrogen-bond acceptors (Lipinski definition) is 15. The second-order valence-electron chi connectivity index (χ2n) is 9.93. The zero-order valence-corrected chi connectivity index (χ0v) is 21.7. The monoisotopic (exact) mass is 581 g/mol. The molecule has 0 radical (unpaired) electrons. The molecule has 3 fully saturated rings. The third-order valence-electron chi connectivity index (χ3n) is 7.40. The fourth-order valence-corrected chi connectivity index (χ4v) is 5.13. The third-order valence-corrected chi connectivity index (χ3v) is 7.40. The molecule has 2 saturated heterocycles. The Morgan fingerprint density at radius 3 is 2.15 bits per heavy atom. The Morgan fingerprint density at radius 2 is 1.62 bits per heavy atom. The van der Waals surface area contributed by atoms with E-state index >= 15 is 0 Å². The molecule has 1 aliphatic carbocycles. The number of aliphatic hydroxyl groups is 7. The first-order chi connectivity index (χ1) is 18.7. The number of carbonyl (C=O) groups excluding carboxylic acids is 1. The molecule has 2 aliphatic heterocycles. The lowest BCUT2D eigenvalue weighted by Crippen LogP contribution is -2.70. The van der Waals surface area contributed by atoms with Gasteiger partial charge in [-0.2, -0.15) is 0 Å². The van der Waals surface area contributed by atoms with Crippen molar-refractivity contribution in [2.24, 2.45) is 22.2 Å². The Balaban J connectivity index is 1.95. The molecule has 230 valence electrons. The summed E-state index contributed by atoms with van der Waals surface area (Å²) in [5, 5.41) is 86.4. The van der Waals surface area contributed by atoms with E-state index < -0.39 is 110 Å². The van der Waals surface area contributed by atoms with Crippen LogP contribution in [0, 0.1) is 5.41 Å². The molecule has 0 aromatic heterocycles. The van der Waals surface area contributed by atoms with Gasteiger partial charge in [0.05, 0.1) is 24.8 Å². The molecule has 2 heterocycles. The minimum absolute atomic E-state index is 0.138. The van der Waals surface area contributed by atoms with Gasteiger partial charge in [-0.25, -0.2) is 4.99 Å². The van der Waals surface area contributed by atoms with Crippen LogP contribution in [0.15, 0.2) is 4.99 Å². The first-order valence-electron chi connectivity index (χ1n) is 12.4. The number of aliphatic imine (C=N–C) groups is 1. The first-order valence-corrected chi connectivity index (χ1v) is 12.4. The van der Waals surface area contributed by atoms with Gasteiger partial charge in [-0.15, -0.1) is 0 Å². The molecule has 19 nitrogen and oxygen atoms in total. The Bertz CT molecular complexity index is 930. The number of aldehydes is 1. The molecule has 3 rings (SSSR count). The standard InChI is InChI=1S/C21H39N7O12/c1-5-21(36,4-30)16(40-17-9(26-2)13(34)10(31)6(3-29)38-17)18(37-5)39-15-8(28-20(24)25)11(32)7(27-19(22)23)12(33)14(15)35/h4-18,26,29,31-36H,3H2,1-2H3,(H4,22,23,27)(H4,24,25,28)/t5-,6-,7-,8+,9-,10-,11-,12+,13-,14-,15?,16?,17-,18-,21+/m1/s1. The van der Waals surface area contributed by atoms with Crippen molar-refractivity contribution in [1.82, 2.24) is 10.6 Å². The summed E-state index contributed by atoms with van der Waals surface area (Å²) in [5.41, 5.74) is 13.9.